The summed E-state index contributed by atoms with van der Waals surface area (Å²) in [5.74, 6) is 0. The van der Waals surface area contributed by atoms with Crippen LogP contribution < -0.4 is 5.73 Å². The number of nitro groups is 1. The van der Waals surface area contributed by atoms with Crippen molar-refractivity contribution in [1.29, 1.82) is 0 Å². The molecule has 2 N–H and O–H groups in total. The number of ether oxygens (including phenoxy) is 1. The fourth-order valence-electron chi connectivity index (χ4n) is 2.18. The predicted octanol–water partition coefficient (Wildman–Crippen LogP) is 2.41. The van der Waals surface area contributed by atoms with Gasteiger partial charge in [0.2, 0.25) is 0 Å². The summed E-state index contributed by atoms with van der Waals surface area (Å²) < 4.78 is 5.83. The Balaban J connectivity index is 2.23. The topological polar surface area (TPSA) is 78.4 Å². The molecule has 1 aliphatic rings. The molecule has 5 nitrogen and oxygen atoms in total. The number of rotatable bonds is 3. The molecule has 0 saturated carbocycles. The summed E-state index contributed by atoms with van der Waals surface area (Å²) in [6, 6.07) is 5.06. The largest absolute Gasteiger partial charge is 0.381 e. The second kappa shape index (κ2) is 5.34. The normalized spacial score (nSPS) is 18.6. The molecule has 0 aromatic heterocycles. The number of nitrogens with two attached hydrogens (primary N) is 1. The SMILES string of the molecule is NC1(Cc2cccc([N+](=O)[O-])c2Br)CCOCC1. The third kappa shape index (κ3) is 2.88. The van der Waals surface area contributed by atoms with Gasteiger partial charge in [0.1, 0.15) is 0 Å². The van der Waals surface area contributed by atoms with Gasteiger partial charge in [-0.05, 0) is 40.8 Å². The van der Waals surface area contributed by atoms with Gasteiger partial charge in [-0.3, -0.25) is 10.1 Å². The molecule has 1 saturated heterocycles. The first-order valence-electron chi connectivity index (χ1n) is 5.80. The third-order valence-electron chi connectivity index (χ3n) is 3.29. The van der Waals surface area contributed by atoms with E-state index in [4.69, 9.17) is 10.5 Å². The predicted molar refractivity (Wildman–Crippen MR) is 71.5 cm³/mol. The van der Waals surface area contributed by atoms with Crippen LogP contribution in [-0.2, 0) is 11.2 Å². The van der Waals surface area contributed by atoms with Crippen LogP contribution in [0.1, 0.15) is 18.4 Å². The fraction of sp³-hybridized carbons (Fsp3) is 0.500. The van der Waals surface area contributed by atoms with Crippen molar-refractivity contribution in [3.05, 3.63) is 38.3 Å². The van der Waals surface area contributed by atoms with E-state index in [0.29, 0.717) is 24.1 Å². The summed E-state index contributed by atoms with van der Waals surface area (Å²) >= 11 is 3.30. The van der Waals surface area contributed by atoms with E-state index in [1.165, 1.54) is 6.07 Å². The van der Waals surface area contributed by atoms with Crippen molar-refractivity contribution in [1.82, 2.24) is 0 Å². The van der Waals surface area contributed by atoms with Crippen molar-refractivity contribution in [3.63, 3.8) is 0 Å². The summed E-state index contributed by atoms with van der Waals surface area (Å²) in [5.41, 5.74) is 6.96. The van der Waals surface area contributed by atoms with E-state index in [2.05, 4.69) is 15.9 Å². The molecule has 1 fully saturated rings. The number of nitro benzene ring substituents is 1. The van der Waals surface area contributed by atoms with Crippen molar-refractivity contribution < 1.29 is 9.66 Å². The van der Waals surface area contributed by atoms with Crippen molar-refractivity contribution in [2.24, 2.45) is 5.73 Å². The third-order valence-corrected chi connectivity index (χ3v) is 4.20. The molecule has 1 aliphatic heterocycles. The first kappa shape index (κ1) is 13.5. The van der Waals surface area contributed by atoms with Gasteiger partial charge in [0.05, 0.1) is 9.40 Å². The lowest BCUT2D eigenvalue weighted by Gasteiger charge is -2.33. The molecule has 0 bridgehead atoms. The van der Waals surface area contributed by atoms with Gasteiger partial charge in [-0.25, -0.2) is 0 Å². The summed E-state index contributed by atoms with van der Waals surface area (Å²) in [6.07, 6.45) is 2.18. The van der Waals surface area contributed by atoms with Gasteiger partial charge in [-0.1, -0.05) is 12.1 Å². The number of benzene rings is 1. The van der Waals surface area contributed by atoms with E-state index in [9.17, 15) is 10.1 Å². The molecule has 1 aromatic rings. The maximum absolute atomic E-state index is 10.9. The first-order valence-corrected chi connectivity index (χ1v) is 6.59. The molecule has 0 atom stereocenters. The smallest absolute Gasteiger partial charge is 0.283 e. The van der Waals surface area contributed by atoms with Gasteiger partial charge in [-0.2, -0.15) is 0 Å². The zero-order chi connectivity index (χ0) is 13.2. The van der Waals surface area contributed by atoms with Gasteiger partial charge < -0.3 is 10.5 Å². The van der Waals surface area contributed by atoms with Crippen molar-refractivity contribution in [2.75, 3.05) is 13.2 Å². The second-order valence-electron chi connectivity index (χ2n) is 4.66. The van der Waals surface area contributed by atoms with Crippen LogP contribution in [0.4, 0.5) is 5.69 Å². The molecular weight excluding hydrogens is 300 g/mol. The van der Waals surface area contributed by atoms with Gasteiger partial charge in [-0.15, -0.1) is 0 Å². The highest BCUT2D eigenvalue weighted by molar-refractivity contribution is 9.10. The summed E-state index contributed by atoms with van der Waals surface area (Å²) in [6.45, 7) is 1.31. The zero-order valence-corrected chi connectivity index (χ0v) is 11.5. The van der Waals surface area contributed by atoms with Crippen LogP contribution in [-0.4, -0.2) is 23.7 Å². The minimum absolute atomic E-state index is 0.0863. The number of hydrogen-bond acceptors (Lipinski definition) is 4. The van der Waals surface area contributed by atoms with Crippen molar-refractivity contribution >= 4 is 21.6 Å². The molecule has 98 valence electrons. The molecular formula is C12H15BrN2O3. The molecule has 1 aromatic carbocycles. The Morgan fingerprint density at radius 3 is 2.72 bits per heavy atom. The Labute approximate surface area is 114 Å². The molecule has 1 heterocycles. The van der Waals surface area contributed by atoms with Crippen LogP contribution in [0.2, 0.25) is 0 Å². The highest BCUT2D eigenvalue weighted by Gasteiger charge is 2.30. The number of hydrogen-bond donors (Lipinski definition) is 1. The molecule has 18 heavy (non-hydrogen) atoms. The Morgan fingerprint density at radius 1 is 1.44 bits per heavy atom. The van der Waals surface area contributed by atoms with Crippen molar-refractivity contribution in [2.45, 2.75) is 24.8 Å². The first-order chi connectivity index (χ1) is 8.52. The molecule has 0 aliphatic carbocycles. The Kier molecular flexibility index (Phi) is 3.99. The van der Waals surface area contributed by atoms with E-state index in [0.717, 1.165) is 18.4 Å². The Bertz CT molecular complexity index is 459. The monoisotopic (exact) mass is 314 g/mol. The molecule has 6 heteroatoms. The van der Waals surface area contributed by atoms with Gasteiger partial charge in [0, 0.05) is 24.8 Å². The van der Waals surface area contributed by atoms with E-state index in [1.807, 2.05) is 6.07 Å². The Morgan fingerprint density at radius 2 is 2.11 bits per heavy atom. The van der Waals surface area contributed by atoms with Gasteiger partial charge in [0.15, 0.2) is 0 Å². The molecule has 2 rings (SSSR count). The standard InChI is InChI=1S/C12H15BrN2O3/c13-11-9(2-1-3-10(11)15(16)17)8-12(14)4-6-18-7-5-12/h1-3H,4-8,14H2. The summed E-state index contributed by atoms with van der Waals surface area (Å²) in [5, 5.41) is 10.9. The lowest BCUT2D eigenvalue weighted by Crippen LogP contribution is -2.47. The Hall–Kier alpha value is -0.980. The lowest BCUT2D eigenvalue weighted by molar-refractivity contribution is -0.385. The van der Waals surface area contributed by atoms with Gasteiger partial charge in [0.25, 0.3) is 5.69 Å². The van der Waals surface area contributed by atoms with Crippen molar-refractivity contribution in [3.8, 4) is 0 Å². The summed E-state index contributed by atoms with van der Waals surface area (Å²) in [7, 11) is 0. The minimum Gasteiger partial charge on any atom is -0.381 e. The minimum atomic E-state index is -0.388. The van der Waals surface area contributed by atoms with Crippen LogP contribution in [0.25, 0.3) is 0 Å². The molecule has 0 spiro atoms. The van der Waals surface area contributed by atoms with Crippen LogP contribution in [0, 0.1) is 10.1 Å². The van der Waals surface area contributed by atoms with E-state index >= 15 is 0 Å². The number of nitrogens with zero attached hydrogens (tertiary/aromatic N) is 1. The molecule has 0 radical (unpaired) electrons. The fourth-order valence-corrected chi connectivity index (χ4v) is 2.73. The van der Waals surface area contributed by atoms with Crippen LogP contribution in [0.15, 0.2) is 22.7 Å². The maximum atomic E-state index is 10.9. The highest BCUT2D eigenvalue weighted by atomic mass is 79.9. The van der Waals surface area contributed by atoms with E-state index in [1.54, 1.807) is 6.07 Å². The van der Waals surface area contributed by atoms with Crippen LogP contribution in [0.5, 0.6) is 0 Å². The van der Waals surface area contributed by atoms with Crippen LogP contribution >= 0.6 is 15.9 Å². The molecule has 0 unspecified atom stereocenters. The highest BCUT2D eigenvalue weighted by Crippen LogP contribution is 2.32. The second-order valence-corrected chi connectivity index (χ2v) is 5.45. The summed E-state index contributed by atoms with van der Waals surface area (Å²) in [4.78, 5) is 10.5. The van der Waals surface area contributed by atoms with Crippen LogP contribution in [0.3, 0.4) is 0 Å². The lowest BCUT2D eigenvalue weighted by atomic mass is 9.85. The maximum Gasteiger partial charge on any atom is 0.283 e. The van der Waals surface area contributed by atoms with Gasteiger partial charge >= 0.3 is 0 Å². The molecule has 0 amide bonds. The zero-order valence-electron chi connectivity index (χ0n) is 9.89. The average Bonchev–Trinajstić information content (AvgIpc) is 2.32. The van der Waals surface area contributed by atoms with E-state index < -0.39 is 0 Å². The average molecular weight is 315 g/mol. The number of halogens is 1. The quantitative estimate of drug-likeness (QED) is 0.686. The van der Waals surface area contributed by atoms with E-state index in [-0.39, 0.29) is 16.1 Å².